The molecule has 1 fully saturated rings. The van der Waals surface area contributed by atoms with Gasteiger partial charge in [0.05, 0.1) is 17.8 Å². The molecule has 1 N–H and O–H groups in total. The second-order valence-corrected chi connectivity index (χ2v) is 5.56. The topological polar surface area (TPSA) is 53.4 Å². The van der Waals surface area contributed by atoms with Gasteiger partial charge in [0.1, 0.15) is 0 Å². The molecule has 4 nitrogen and oxygen atoms in total. The van der Waals surface area contributed by atoms with Crippen LogP contribution in [-0.2, 0) is 4.79 Å². The molecule has 5 heteroatoms. The van der Waals surface area contributed by atoms with Crippen molar-refractivity contribution in [2.75, 3.05) is 18.0 Å². The van der Waals surface area contributed by atoms with E-state index in [0.29, 0.717) is 12.5 Å². The number of hydrogen-bond donors (Lipinski definition) is 1. The van der Waals surface area contributed by atoms with E-state index in [-0.39, 0.29) is 5.92 Å². The van der Waals surface area contributed by atoms with Crippen LogP contribution in [0.3, 0.4) is 0 Å². The molecule has 1 aromatic rings. The van der Waals surface area contributed by atoms with Gasteiger partial charge in [0.25, 0.3) is 0 Å². The maximum absolute atomic E-state index is 11.1. The molecule has 92 valence electrons. The second kappa shape index (κ2) is 5.04. The van der Waals surface area contributed by atoms with E-state index >= 15 is 0 Å². The van der Waals surface area contributed by atoms with E-state index in [2.05, 4.69) is 32.7 Å². The molecule has 1 aliphatic rings. The molecule has 0 spiro atoms. The average Bonchev–Trinajstić information content (AvgIpc) is 2.28. The Kier molecular flexibility index (Phi) is 3.66. The highest BCUT2D eigenvalue weighted by atomic mass is 79.9. The molecular formula is C12H15BrN2O2. The van der Waals surface area contributed by atoms with E-state index in [1.54, 1.807) is 12.4 Å². The first kappa shape index (κ1) is 12.4. The van der Waals surface area contributed by atoms with Crippen molar-refractivity contribution < 1.29 is 9.90 Å². The van der Waals surface area contributed by atoms with Crippen LogP contribution in [0, 0.1) is 11.8 Å². The van der Waals surface area contributed by atoms with E-state index in [0.717, 1.165) is 23.1 Å². The predicted molar refractivity (Wildman–Crippen MR) is 69.1 cm³/mol. The third-order valence-corrected chi connectivity index (χ3v) is 3.50. The summed E-state index contributed by atoms with van der Waals surface area (Å²) in [5.41, 5.74) is 0.983. The van der Waals surface area contributed by atoms with E-state index in [9.17, 15) is 4.79 Å². The number of aromatic nitrogens is 1. The fourth-order valence-corrected chi connectivity index (χ4v) is 2.67. The van der Waals surface area contributed by atoms with Crippen LogP contribution < -0.4 is 4.90 Å². The number of pyridine rings is 1. The lowest BCUT2D eigenvalue weighted by Gasteiger charge is -2.36. The number of halogens is 1. The minimum absolute atomic E-state index is 0.280. The number of hydrogen-bond acceptors (Lipinski definition) is 3. The van der Waals surface area contributed by atoms with Crippen LogP contribution in [0.15, 0.2) is 22.9 Å². The maximum atomic E-state index is 11.1. The zero-order chi connectivity index (χ0) is 12.4. The normalized spacial score (nSPS) is 24.7. The Labute approximate surface area is 109 Å². The van der Waals surface area contributed by atoms with Gasteiger partial charge in [-0.05, 0) is 34.3 Å². The average molecular weight is 299 g/mol. The second-order valence-electron chi connectivity index (χ2n) is 4.64. The van der Waals surface area contributed by atoms with Gasteiger partial charge in [0.2, 0.25) is 0 Å². The minimum Gasteiger partial charge on any atom is -0.481 e. The quantitative estimate of drug-likeness (QED) is 0.911. The molecule has 2 unspecified atom stereocenters. The summed E-state index contributed by atoms with van der Waals surface area (Å²) in [5.74, 6) is -0.592. The largest absolute Gasteiger partial charge is 0.481 e. The van der Waals surface area contributed by atoms with Crippen LogP contribution in [0.25, 0.3) is 0 Å². The van der Waals surface area contributed by atoms with Gasteiger partial charge in [-0.25, -0.2) is 0 Å². The SMILES string of the molecule is CC1CC(C(=O)O)CN(c2cncc(Br)c2)C1. The number of nitrogens with zero attached hydrogens (tertiary/aromatic N) is 2. The number of anilines is 1. The van der Waals surface area contributed by atoms with E-state index in [4.69, 9.17) is 5.11 Å². The zero-order valence-corrected chi connectivity index (χ0v) is 11.2. The Bertz CT molecular complexity index is 425. The highest BCUT2D eigenvalue weighted by Gasteiger charge is 2.29. The van der Waals surface area contributed by atoms with Gasteiger partial charge in [-0.15, -0.1) is 0 Å². The van der Waals surface area contributed by atoms with E-state index < -0.39 is 5.97 Å². The number of carboxylic acids is 1. The Morgan fingerprint density at radius 1 is 1.53 bits per heavy atom. The lowest BCUT2D eigenvalue weighted by atomic mass is 9.90. The number of carbonyl (C=O) groups is 1. The highest BCUT2D eigenvalue weighted by molar-refractivity contribution is 9.10. The molecule has 0 radical (unpaired) electrons. The Hall–Kier alpha value is -1.10. The van der Waals surface area contributed by atoms with Gasteiger partial charge >= 0.3 is 5.97 Å². The van der Waals surface area contributed by atoms with Crippen molar-refractivity contribution in [2.45, 2.75) is 13.3 Å². The Balaban J connectivity index is 2.18. The first-order chi connectivity index (χ1) is 8.06. The molecule has 1 aliphatic heterocycles. The van der Waals surface area contributed by atoms with Gasteiger partial charge < -0.3 is 10.0 Å². The van der Waals surface area contributed by atoms with Gasteiger partial charge in [-0.3, -0.25) is 9.78 Å². The van der Waals surface area contributed by atoms with E-state index in [1.807, 2.05) is 6.07 Å². The smallest absolute Gasteiger partial charge is 0.308 e. The summed E-state index contributed by atoms with van der Waals surface area (Å²) in [6, 6.07) is 1.98. The summed E-state index contributed by atoms with van der Waals surface area (Å²) in [6.45, 7) is 3.55. The van der Waals surface area contributed by atoms with Gasteiger partial charge in [0, 0.05) is 23.8 Å². The molecule has 0 amide bonds. The molecule has 1 saturated heterocycles. The van der Waals surface area contributed by atoms with Crippen LogP contribution >= 0.6 is 15.9 Å². The number of rotatable bonds is 2. The van der Waals surface area contributed by atoms with Crippen molar-refractivity contribution >= 4 is 27.6 Å². The third kappa shape index (κ3) is 2.97. The lowest BCUT2D eigenvalue weighted by Crippen LogP contribution is -2.42. The number of aliphatic carboxylic acids is 1. The molecular weight excluding hydrogens is 284 g/mol. The van der Waals surface area contributed by atoms with Crippen molar-refractivity contribution in [3.63, 3.8) is 0 Å². The summed E-state index contributed by atoms with van der Waals surface area (Å²) < 4.78 is 0.917. The number of piperidine rings is 1. The standard InChI is InChI=1S/C12H15BrN2O2/c1-8-2-9(12(16)17)7-15(6-8)11-3-10(13)4-14-5-11/h3-5,8-9H,2,6-7H2,1H3,(H,16,17). The molecule has 17 heavy (non-hydrogen) atoms. The van der Waals surface area contributed by atoms with Gasteiger partial charge in [-0.2, -0.15) is 0 Å². The summed E-state index contributed by atoms with van der Waals surface area (Å²) >= 11 is 3.38. The first-order valence-electron chi connectivity index (χ1n) is 5.64. The minimum atomic E-state index is -0.704. The van der Waals surface area contributed by atoms with Crippen molar-refractivity contribution in [1.82, 2.24) is 4.98 Å². The summed E-state index contributed by atoms with van der Waals surface area (Å²) in [6.07, 6.45) is 4.26. The molecule has 2 atom stereocenters. The van der Waals surface area contributed by atoms with Crippen molar-refractivity contribution in [3.05, 3.63) is 22.9 Å². The Morgan fingerprint density at radius 3 is 2.94 bits per heavy atom. The van der Waals surface area contributed by atoms with Crippen LogP contribution in [0.1, 0.15) is 13.3 Å². The summed E-state index contributed by atoms with van der Waals surface area (Å²) in [7, 11) is 0. The fraction of sp³-hybridized carbons (Fsp3) is 0.500. The molecule has 0 saturated carbocycles. The summed E-state index contributed by atoms with van der Waals surface area (Å²) in [4.78, 5) is 17.3. The van der Waals surface area contributed by atoms with Crippen molar-refractivity contribution in [2.24, 2.45) is 11.8 Å². The van der Waals surface area contributed by atoms with Crippen LogP contribution in [0.2, 0.25) is 0 Å². The monoisotopic (exact) mass is 298 g/mol. The zero-order valence-electron chi connectivity index (χ0n) is 9.64. The lowest BCUT2D eigenvalue weighted by molar-refractivity contribution is -0.142. The van der Waals surface area contributed by atoms with Crippen LogP contribution in [0.5, 0.6) is 0 Å². The summed E-state index contributed by atoms with van der Waals surface area (Å²) in [5, 5.41) is 9.12. The molecule has 1 aromatic heterocycles. The maximum Gasteiger partial charge on any atom is 0.308 e. The molecule has 2 heterocycles. The number of carboxylic acid groups (broad SMARTS) is 1. The molecule has 0 aliphatic carbocycles. The third-order valence-electron chi connectivity index (χ3n) is 3.06. The van der Waals surface area contributed by atoms with Crippen LogP contribution in [0.4, 0.5) is 5.69 Å². The Morgan fingerprint density at radius 2 is 2.29 bits per heavy atom. The molecule has 0 bridgehead atoms. The highest BCUT2D eigenvalue weighted by Crippen LogP contribution is 2.27. The van der Waals surface area contributed by atoms with Crippen molar-refractivity contribution in [3.8, 4) is 0 Å². The molecule has 0 aromatic carbocycles. The van der Waals surface area contributed by atoms with Crippen molar-refractivity contribution in [1.29, 1.82) is 0 Å². The predicted octanol–water partition coefficient (Wildman–Crippen LogP) is 2.39. The van der Waals surface area contributed by atoms with Gasteiger partial charge in [-0.1, -0.05) is 6.92 Å². The van der Waals surface area contributed by atoms with Gasteiger partial charge in [0.15, 0.2) is 0 Å². The van der Waals surface area contributed by atoms with E-state index in [1.165, 1.54) is 0 Å². The first-order valence-corrected chi connectivity index (χ1v) is 6.44. The van der Waals surface area contributed by atoms with Crippen LogP contribution in [-0.4, -0.2) is 29.1 Å². The molecule has 2 rings (SSSR count). The fourth-order valence-electron chi connectivity index (χ4n) is 2.31.